The summed E-state index contributed by atoms with van der Waals surface area (Å²) in [7, 11) is 0. The van der Waals surface area contributed by atoms with Gasteiger partial charge in [-0.05, 0) is 68.6 Å². The molecule has 0 aromatic heterocycles. The van der Waals surface area contributed by atoms with Crippen LogP contribution in [0.1, 0.15) is 71.6 Å². The van der Waals surface area contributed by atoms with Crippen molar-refractivity contribution in [2.75, 3.05) is 0 Å². The molecule has 1 N–H and O–H groups in total. The lowest BCUT2D eigenvalue weighted by molar-refractivity contribution is 0.299. The molecule has 0 spiro atoms. The molecule has 1 unspecified atom stereocenters. The normalized spacial score (nSPS) is 33.7. The van der Waals surface area contributed by atoms with Gasteiger partial charge in [0.2, 0.25) is 0 Å². The van der Waals surface area contributed by atoms with E-state index >= 15 is 0 Å². The van der Waals surface area contributed by atoms with Gasteiger partial charge in [-0.2, -0.15) is 0 Å². The number of rotatable bonds is 4. The highest BCUT2D eigenvalue weighted by Crippen LogP contribution is 2.45. The summed E-state index contributed by atoms with van der Waals surface area (Å²) < 4.78 is 0. The standard InChI is InChI=1S/C16H29N/c1-16(2)10-3-4-14(9-11-16)17-15(12-5-6-12)13-7-8-13/h12-15,17H,3-11H2,1-2H3. The van der Waals surface area contributed by atoms with Gasteiger partial charge in [-0.1, -0.05) is 20.3 Å². The molecule has 3 rings (SSSR count). The Labute approximate surface area is 107 Å². The Morgan fingerprint density at radius 2 is 1.53 bits per heavy atom. The van der Waals surface area contributed by atoms with Gasteiger partial charge in [0.25, 0.3) is 0 Å². The second-order valence-corrected chi connectivity index (χ2v) is 7.66. The quantitative estimate of drug-likeness (QED) is 0.723. The first-order valence-corrected chi connectivity index (χ1v) is 7.90. The molecule has 0 aromatic rings. The fourth-order valence-corrected chi connectivity index (χ4v) is 3.67. The predicted molar refractivity (Wildman–Crippen MR) is 73.0 cm³/mol. The van der Waals surface area contributed by atoms with Crippen molar-refractivity contribution in [3.63, 3.8) is 0 Å². The molecule has 3 fully saturated rings. The first kappa shape index (κ1) is 12.0. The van der Waals surface area contributed by atoms with E-state index in [2.05, 4.69) is 19.2 Å². The molecule has 1 atom stereocenters. The van der Waals surface area contributed by atoms with Crippen LogP contribution in [0.25, 0.3) is 0 Å². The lowest BCUT2D eigenvalue weighted by Gasteiger charge is -2.26. The molecule has 0 bridgehead atoms. The Morgan fingerprint density at radius 1 is 0.882 bits per heavy atom. The number of hydrogen-bond donors (Lipinski definition) is 1. The van der Waals surface area contributed by atoms with Crippen LogP contribution in [0.15, 0.2) is 0 Å². The molecule has 3 aliphatic rings. The maximum atomic E-state index is 4.06. The summed E-state index contributed by atoms with van der Waals surface area (Å²) in [6.07, 6.45) is 13.2. The fourth-order valence-electron chi connectivity index (χ4n) is 3.67. The largest absolute Gasteiger partial charge is 0.311 e. The van der Waals surface area contributed by atoms with Gasteiger partial charge in [0, 0.05) is 12.1 Å². The first-order chi connectivity index (χ1) is 8.14. The van der Waals surface area contributed by atoms with Gasteiger partial charge in [0.05, 0.1) is 0 Å². The Morgan fingerprint density at radius 3 is 2.12 bits per heavy atom. The maximum Gasteiger partial charge on any atom is 0.0126 e. The molecule has 17 heavy (non-hydrogen) atoms. The molecule has 98 valence electrons. The molecular formula is C16H29N. The summed E-state index contributed by atoms with van der Waals surface area (Å²) in [6, 6.07) is 1.74. The topological polar surface area (TPSA) is 12.0 Å². The summed E-state index contributed by atoms with van der Waals surface area (Å²) in [6.45, 7) is 4.91. The van der Waals surface area contributed by atoms with Gasteiger partial charge < -0.3 is 5.32 Å². The number of nitrogens with one attached hydrogen (secondary N) is 1. The zero-order valence-corrected chi connectivity index (χ0v) is 11.7. The minimum Gasteiger partial charge on any atom is -0.311 e. The van der Waals surface area contributed by atoms with E-state index in [1.54, 1.807) is 0 Å². The second kappa shape index (κ2) is 4.57. The molecule has 0 amide bonds. The lowest BCUT2D eigenvalue weighted by atomic mass is 9.85. The predicted octanol–water partition coefficient (Wildman–Crippen LogP) is 4.12. The van der Waals surface area contributed by atoms with Crippen molar-refractivity contribution < 1.29 is 0 Å². The third kappa shape index (κ3) is 3.24. The van der Waals surface area contributed by atoms with Crippen LogP contribution in [0.2, 0.25) is 0 Å². The summed E-state index contributed by atoms with van der Waals surface area (Å²) >= 11 is 0. The van der Waals surface area contributed by atoms with Crippen molar-refractivity contribution in [3.05, 3.63) is 0 Å². The molecule has 0 heterocycles. The molecule has 3 aliphatic carbocycles. The summed E-state index contributed by atoms with van der Waals surface area (Å²) in [4.78, 5) is 0. The van der Waals surface area contributed by atoms with E-state index in [-0.39, 0.29) is 0 Å². The summed E-state index contributed by atoms with van der Waals surface area (Å²) in [5.74, 6) is 2.11. The van der Waals surface area contributed by atoms with Crippen molar-refractivity contribution in [1.82, 2.24) is 5.32 Å². The van der Waals surface area contributed by atoms with E-state index in [4.69, 9.17) is 0 Å². The van der Waals surface area contributed by atoms with Gasteiger partial charge in [-0.25, -0.2) is 0 Å². The molecule has 0 saturated heterocycles. The van der Waals surface area contributed by atoms with Gasteiger partial charge in [-0.15, -0.1) is 0 Å². The van der Waals surface area contributed by atoms with Crippen LogP contribution in [0.3, 0.4) is 0 Å². The average Bonchev–Trinajstić information content (AvgIpc) is 3.14. The van der Waals surface area contributed by atoms with Gasteiger partial charge in [0.1, 0.15) is 0 Å². The van der Waals surface area contributed by atoms with Crippen LogP contribution in [0, 0.1) is 17.3 Å². The van der Waals surface area contributed by atoms with Crippen LogP contribution in [0.5, 0.6) is 0 Å². The Kier molecular flexibility index (Phi) is 3.23. The molecular weight excluding hydrogens is 206 g/mol. The summed E-state index contributed by atoms with van der Waals surface area (Å²) in [5.41, 5.74) is 0.602. The fraction of sp³-hybridized carbons (Fsp3) is 1.00. The Balaban J connectivity index is 1.53. The monoisotopic (exact) mass is 235 g/mol. The second-order valence-electron chi connectivity index (χ2n) is 7.66. The van der Waals surface area contributed by atoms with E-state index < -0.39 is 0 Å². The molecule has 1 heteroatoms. The van der Waals surface area contributed by atoms with Crippen molar-refractivity contribution in [1.29, 1.82) is 0 Å². The minimum absolute atomic E-state index is 0.602. The first-order valence-electron chi connectivity index (χ1n) is 7.90. The van der Waals surface area contributed by atoms with Gasteiger partial charge in [-0.3, -0.25) is 0 Å². The average molecular weight is 235 g/mol. The highest BCUT2D eigenvalue weighted by molar-refractivity contribution is 4.98. The van der Waals surface area contributed by atoms with E-state index in [0.717, 1.165) is 23.9 Å². The Bertz CT molecular complexity index is 251. The smallest absolute Gasteiger partial charge is 0.0126 e. The summed E-state index contributed by atoms with van der Waals surface area (Å²) in [5, 5.41) is 4.06. The lowest BCUT2D eigenvalue weighted by Crippen LogP contribution is -2.41. The van der Waals surface area contributed by atoms with Crippen molar-refractivity contribution in [2.45, 2.75) is 83.7 Å². The molecule has 0 aliphatic heterocycles. The van der Waals surface area contributed by atoms with Crippen LogP contribution >= 0.6 is 0 Å². The molecule has 0 aromatic carbocycles. The zero-order chi connectivity index (χ0) is 11.9. The maximum absolute atomic E-state index is 4.06. The minimum atomic E-state index is 0.602. The van der Waals surface area contributed by atoms with E-state index in [9.17, 15) is 0 Å². The van der Waals surface area contributed by atoms with Gasteiger partial charge in [0.15, 0.2) is 0 Å². The van der Waals surface area contributed by atoms with Crippen molar-refractivity contribution in [2.24, 2.45) is 17.3 Å². The van der Waals surface area contributed by atoms with E-state index in [1.807, 2.05) is 0 Å². The van der Waals surface area contributed by atoms with Crippen LogP contribution in [-0.4, -0.2) is 12.1 Å². The third-order valence-corrected chi connectivity index (χ3v) is 5.26. The SMILES string of the molecule is CC1(C)CCCC(NC(C2CC2)C2CC2)CC1. The molecule has 3 saturated carbocycles. The van der Waals surface area contributed by atoms with Crippen LogP contribution in [0.4, 0.5) is 0 Å². The zero-order valence-electron chi connectivity index (χ0n) is 11.7. The van der Waals surface area contributed by atoms with Crippen LogP contribution in [-0.2, 0) is 0 Å². The Hall–Kier alpha value is -0.0400. The van der Waals surface area contributed by atoms with Crippen LogP contribution < -0.4 is 5.32 Å². The van der Waals surface area contributed by atoms with E-state index in [0.29, 0.717) is 5.41 Å². The third-order valence-electron chi connectivity index (χ3n) is 5.26. The highest BCUT2D eigenvalue weighted by atomic mass is 15.0. The van der Waals surface area contributed by atoms with Crippen molar-refractivity contribution >= 4 is 0 Å². The molecule has 0 radical (unpaired) electrons. The van der Waals surface area contributed by atoms with Gasteiger partial charge >= 0.3 is 0 Å². The van der Waals surface area contributed by atoms with Crippen molar-refractivity contribution in [3.8, 4) is 0 Å². The highest BCUT2D eigenvalue weighted by Gasteiger charge is 2.42. The van der Waals surface area contributed by atoms with E-state index in [1.165, 1.54) is 57.8 Å². The number of hydrogen-bond acceptors (Lipinski definition) is 1. The molecule has 1 nitrogen and oxygen atoms in total.